The van der Waals surface area contributed by atoms with Gasteiger partial charge in [-0.25, -0.2) is 0 Å². The molecule has 1 aliphatic carbocycles. The van der Waals surface area contributed by atoms with Crippen molar-refractivity contribution in [3.63, 3.8) is 0 Å². The van der Waals surface area contributed by atoms with Gasteiger partial charge >= 0.3 is 0 Å². The third kappa shape index (κ3) is 4.84. The SMILES string of the molecule is CC(C)CCCCNCCC1(CN)CCC1. The molecule has 1 rings (SSSR count). The fourth-order valence-electron chi connectivity index (χ4n) is 2.51. The van der Waals surface area contributed by atoms with Gasteiger partial charge in [0.25, 0.3) is 0 Å². The van der Waals surface area contributed by atoms with Crippen molar-refractivity contribution in [1.82, 2.24) is 5.32 Å². The Morgan fingerprint density at radius 2 is 1.94 bits per heavy atom. The molecule has 0 aromatic rings. The van der Waals surface area contributed by atoms with Gasteiger partial charge in [0.1, 0.15) is 0 Å². The zero-order valence-corrected chi connectivity index (χ0v) is 11.2. The average Bonchev–Trinajstić information content (AvgIpc) is 2.19. The van der Waals surface area contributed by atoms with E-state index in [0.717, 1.165) is 12.5 Å². The van der Waals surface area contributed by atoms with Crippen LogP contribution in [0.1, 0.15) is 58.8 Å². The van der Waals surface area contributed by atoms with Crippen molar-refractivity contribution >= 4 is 0 Å². The van der Waals surface area contributed by atoms with Crippen LogP contribution in [0, 0.1) is 11.3 Å². The minimum absolute atomic E-state index is 0.519. The molecule has 2 nitrogen and oxygen atoms in total. The summed E-state index contributed by atoms with van der Waals surface area (Å²) in [4.78, 5) is 0. The third-order valence-electron chi connectivity index (χ3n) is 4.06. The van der Waals surface area contributed by atoms with Crippen LogP contribution in [0.5, 0.6) is 0 Å². The Morgan fingerprint density at radius 1 is 1.19 bits per heavy atom. The largest absolute Gasteiger partial charge is 0.330 e. The lowest BCUT2D eigenvalue weighted by Crippen LogP contribution is -2.39. The van der Waals surface area contributed by atoms with Crippen LogP contribution in [0.3, 0.4) is 0 Å². The van der Waals surface area contributed by atoms with Gasteiger partial charge in [-0.1, -0.05) is 33.1 Å². The molecule has 0 unspecified atom stereocenters. The minimum atomic E-state index is 0.519. The van der Waals surface area contributed by atoms with E-state index in [2.05, 4.69) is 19.2 Å². The van der Waals surface area contributed by atoms with Crippen molar-refractivity contribution in [3.05, 3.63) is 0 Å². The van der Waals surface area contributed by atoms with Crippen LogP contribution in [0.4, 0.5) is 0 Å². The molecule has 96 valence electrons. The fraction of sp³-hybridized carbons (Fsp3) is 1.00. The van der Waals surface area contributed by atoms with E-state index in [-0.39, 0.29) is 0 Å². The molecule has 0 aliphatic heterocycles. The van der Waals surface area contributed by atoms with E-state index in [1.165, 1.54) is 58.0 Å². The molecule has 1 saturated carbocycles. The first-order chi connectivity index (χ1) is 7.68. The molecular weight excluding hydrogens is 196 g/mol. The molecule has 0 radical (unpaired) electrons. The molecule has 3 N–H and O–H groups in total. The highest BCUT2D eigenvalue weighted by Crippen LogP contribution is 2.42. The van der Waals surface area contributed by atoms with Gasteiger partial charge in [-0.05, 0) is 56.7 Å². The second-order valence-electron chi connectivity index (χ2n) is 5.95. The van der Waals surface area contributed by atoms with Gasteiger partial charge < -0.3 is 11.1 Å². The fourth-order valence-corrected chi connectivity index (χ4v) is 2.51. The van der Waals surface area contributed by atoms with Crippen molar-refractivity contribution in [2.24, 2.45) is 17.1 Å². The lowest BCUT2D eigenvalue weighted by Gasteiger charge is -2.41. The molecule has 0 amide bonds. The van der Waals surface area contributed by atoms with E-state index >= 15 is 0 Å². The van der Waals surface area contributed by atoms with Crippen LogP contribution in [-0.2, 0) is 0 Å². The molecule has 0 spiro atoms. The van der Waals surface area contributed by atoms with E-state index in [9.17, 15) is 0 Å². The van der Waals surface area contributed by atoms with Crippen molar-refractivity contribution in [2.75, 3.05) is 19.6 Å². The number of unbranched alkanes of at least 4 members (excludes halogenated alkanes) is 1. The Morgan fingerprint density at radius 3 is 2.44 bits per heavy atom. The van der Waals surface area contributed by atoms with E-state index in [0.29, 0.717) is 5.41 Å². The van der Waals surface area contributed by atoms with Gasteiger partial charge in [-0.2, -0.15) is 0 Å². The summed E-state index contributed by atoms with van der Waals surface area (Å²) in [6.45, 7) is 7.85. The van der Waals surface area contributed by atoms with E-state index in [4.69, 9.17) is 5.73 Å². The number of nitrogens with one attached hydrogen (secondary N) is 1. The molecular formula is C14H30N2. The smallest absolute Gasteiger partial charge is 0.00201 e. The first-order valence-corrected chi connectivity index (χ1v) is 7.09. The summed E-state index contributed by atoms with van der Waals surface area (Å²) in [5.74, 6) is 0.857. The van der Waals surface area contributed by atoms with Crippen LogP contribution in [-0.4, -0.2) is 19.6 Å². The third-order valence-corrected chi connectivity index (χ3v) is 4.06. The Labute approximate surface area is 101 Å². The number of rotatable bonds is 9. The first-order valence-electron chi connectivity index (χ1n) is 7.09. The molecule has 16 heavy (non-hydrogen) atoms. The second kappa shape index (κ2) is 7.29. The molecule has 0 bridgehead atoms. The standard InChI is InChI=1S/C14H30N2/c1-13(2)6-3-4-10-16-11-9-14(12-15)7-5-8-14/h13,16H,3-12,15H2,1-2H3. The lowest BCUT2D eigenvalue weighted by molar-refractivity contribution is 0.130. The van der Waals surface area contributed by atoms with Crippen LogP contribution in [0.25, 0.3) is 0 Å². The predicted molar refractivity (Wildman–Crippen MR) is 71.5 cm³/mol. The normalized spacial score (nSPS) is 18.8. The summed E-state index contributed by atoms with van der Waals surface area (Å²) in [5.41, 5.74) is 6.36. The molecule has 0 saturated heterocycles. The summed E-state index contributed by atoms with van der Waals surface area (Å²) in [7, 11) is 0. The van der Waals surface area contributed by atoms with Gasteiger partial charge in [-0.3, -0.25) is 0 Å². The zero-order valence-electron chi connectivity index (χ0n) is 11.2. The summed E-state index contributed by atoms with van der Waals surface area (Å²) in [6.07, 6.45) is 9.46. The monoisotopic (exact) mass is 226 g/mol. The Bertz CT molecular complexity index is 168. The van der Waals surface area contributed by atoms with E-state index in [1.807, 2.05) is 0 Å². The highest BCUT2D eigenvalue weighted by molar-refractivity contribution is 4.88. The topological polar surface area (TPSA) is 38.0 Å². The Kier molecular flexibility index (Phi) is 6.37. The number of hydrogen-bond donors (Lipinski definition) is 2. The van der Waals surface area contributed by atoms with Crippen molar-refractivity contribution in [3.8, 4) is 0 Å². The second-order valence-corrected chi connectivity index (χ2v) is 5.95. The number of hydrogen-bond acceptors (Lipinski definition) is 2. The van der Waals surface area contributed by atoms with Gasteiger partial charge in [0, 0.05) is 0 Å². The van der Waals surface area contributed by atoms with Crippen LogP contribution < -0.4 is 11.1 Å². The molecule has 1 aliphatic rings. The van der Waals surface area contributed by atoms with Crippen molar-refractivity contribution in [1.29, 1.82) is 0 Å². The molecule has 0 heterocycles. The van der Waals surface area contributed by atoms with Gasteiger partial charge in [-0.15, -0.1) is 0 Å². The summed E-state index contributed by atoms with van der Waals surface area (Å²) in [6, 6.07) is 0. The van der Waals surface area contributed by atoms with Gasteiger partial charge in [0.2, 0.25) is 0 Å². The molecule has 0 atom stereocenters. The van der Waals surface area contributed by atoms with Gasteiger partial charge in [0.05, 0.1) is 0 Å². The van der Waals surface area contributed by atoms with Crippen LogP contribution in [0.2, 0.25) is 0 Å². The highest BCUT2D eigenvalue weighted by Gasteiger charge is 2.34. The Balaban J connectivity index is 1.88. The Hall–Kier alpha value is -0.0800. The first kappa shape index (κ1) is 14.0. The number of nitrogens with two attached hydrogens (primary N) is 1. The molecule has 1 fully saturated rings. The van der Waals surface area contributed by atoms with Crippen molar-refractivity contribution in [2.45, 2.75) is 58.8 Å². The minimum Gasteiger partial charge on any atom is -0.330 e. The van der Waals surface area contributed by atoms with E-state index in [1.54, 1.807) is 0 Å². The summed E-state index contributed by atoms with van der Waals surface area (Å²) in [5, 5.41) is 3.56. The molecule has 0 aromatic carbocycles. The molecule has 2 heteroatoms. The highest BCUT2D eigenvalue weighted by atomic mass is 14.8. The average molecular weight is 226 g/mol. The predicted octanol–water partition coefficient (Wildman–Crippen LogP) is 2.92. The zero-order chi connectivity index (χ0) is 11.9. The lowest BCUT2D eigenvalue weighted by atomic mass is 9.67. The van der Waals surface area contributed by atoms with E-state index < -0.39 is 0 Å². The maximum absolute atomic E-state index is 5.84. The quantitative estimate of drug-likeness (QED) is 0.593. The molecule has 0 aromatic heterocycles. The van der Waals surface area contributed by atoms with Crippen LogP contribution >= 0.6 is 0 Å². The van der Waals surface area contributed by atoms with Crippen LogP contribution in [0.15, 0.2) is 0 Å². The maximum Gasteiger partial charge on any atom is -0.00201 e. The van der Waals surface area contributed by atoms with Crippen molar-refractivity contribution < 1.29 is 0 Å². The summed E-state index contributed by atoms with van der Waals surface area (Å²) < 4.78 is 0. The summed E-state index contributed by atoms with van der Waals surface area (Å²) >= 11 is 0. The maximum atomic E-state index is 5.84. The van der Waals surface area contributed by atoms with Gasteiger partial charge in [0.15, 0.2) is 0 Å².